The number of para-hydroxylation sites is 1. The number of benzene rings is 1. The van der Waals surface area contributed by atoms with E-state index in [1.807, 2.05) is 34.3 Å². The zero-order valence-corrected chi connectivity index (χ0v) is 11.9. The fraction of sp³-hybridized carbons (Fsp3) is 0.231. The number of ether oxygens (including phenoxy) is 1. The second kappa shape index (κ2) is 5.99. The largest absolute Gasteiger partial charge is 0.545 e. The Balaban J connectivity index is 2.03. The number of aromatic nitrogens is 1. The minimum atomic E-state index is -1.22. The Morgan fingerprint density at radius 3 is 2.68 bits per heavy atom. The Labute approximate surface area is 120 Å². The monoisotopic (exact) mass is 294 g/mol. The normalized spacial score (nSPS) is 10.4. The van der Waals surface area contributed by atoms with E-state index in [1.165, 1.54) is 11.5 Å². The second-order valence-electron chi connectivity index (χ2n) is 3.89. The van der Waals surface area contributed by atoms with E-state index < -0.39 is 5.97 Å². The van der Waals surface area contributed by atoms with Crippen molar-refractivity contribution in [3.63, 3.8) is 0 Å². The summed E-state index contributed by atoms with van der Waals surface area (Å²) in [6.07, 6.45) is 0. The lowest BCUT2D eigenvalue weighted by Gasteiger charge is -2.08. The predicted octanol–water partition coefficient (Wildman–Crippen LogP) is 2.03. The molecule has 0 aliphatic heterocycles. The Hall–Kier alpha value is -1.66. The molecule has 4 nitrogen and oxygen atoms in total. The van der Waals surface area contributed by atoms with Crippen LogP contribution in [0.5, 0.6) is 5.75 Å². The molecule has 0 unspecified atom stereocenters. The average Bonchev–Trinajstić information content (AvgIpc) is 2.66. The van der Waals surface area contributed by atoms with E-state index in [4.69, 9.17) is 17.0 Å². The van der Waals surface area contributed by atoms with Crippen LogP contribution in [-0.2, 0) is 6.54 Å². The molecule has 0 fully saturated rings. The molecule has 6 heteroatoms. The number of carboxylic acid groups (broad SMARTS) is 1. The Kier molecular flexibility index (Phi) is 4.34. The van der Waals surface area contributed by atoms with Gasteiger partial charge in [-0.25, -0.2) is 0 Å². The van der Waals surface area contributed by atoms with Crippen LogP contribution in [0.25, 0.3) is 0 Å². The number of rotatable bonds is 5. The van der Waals surface area contributed by atoms with Crippen molar-refractivity contribution in [2.45, 2.75) is 13.5 Å². The molecule has 19 heavy (non-hydrogen) atoms. The third-order valence-electron chi connectivity index (χ3n) is 2.64. The summed E-state index contributed by atoms with van der Waals surface area (Å²) < 4.78 is 7.72. The van der Waals surface area contributed by atoms with Gasteiger partial charge in [0, 0.05) is 11.3 Å². The van der Waals surface area contributed by atoms with Crippen LogP contribution in [0.2, 0.25) is 0 Å². The molecule has 1 heterocycles. The zero-order chi connectivity index (χ0) is 13.8. The molecule has 0 spiro atoms. The van der Waals surface area contributed by atoms with Crippen molar-refractivity contribution in [1.82, 2.24) is 3.96 Å². The summed E-state index contributed by atoms with van der Waals surface area (Å²) in [5.74, 6) is -0.433. The standard InChI is InChI=1S/C13H13NO3S2/c1-9-11(12(15)16)13(18)19-14(9)7-8-17-10-5-3-2-4-6-10/h2-6H,7-8H2,1H3,(H,15,16)/p-1. The number of carboxylic acids is 1. The van der Waals surface area contributed by atoms with Crippen molar-refractivity contribution in [3.05, 3.63) is 45.4 Å². The van der Waals surface area contributed by atoms with Crippen molar-refractivity contribution in [3.8, 4) is 5.75 Å². The third-order valence-corrected chi connectivity index (χ3v) is 4.12. The van der Waals surface area contributed by atoms with E-state index in [2.05, 4.69) is 0 Å². The molecular weight excluding hydrogens is 282 g/mol. The van der Waals surface area contributed by atoms with Crippen LogP contribution >= 0.6 is 23.8 Å². The number of aromatic carboxylic acids is 1. The van der Waals surface area contributed by atoms with Gasteiger partial charge in [0.05, 0.1) is 12.5 Å². The minimum absolute atomic E-state index is 0.111. The number of carbonyl (C=O) groups excluding carboxylic acids is 1. The van der Waals surface area contributed by atoms with E-state index in [1.54, 1.807) is 6.92 Å². The van der Waals surface area contributed by atoms with E-state index in [9.17, 15) is 9.90 Å². The molecule has 0 aliphatic rings. The van der Waals surface area contributed by atoms with Crippen molar-refractivity contribution in [1.29, 1.82) is 0 Å². The highest BCUT2D eigenvalue weighted by molar-refractivity contribution is 7.73. The predicted molar refractivity (Wildman–Crippen MR) is 74.1 cm³/mol. The first-order chi connectivity index (χ1) is 9.09. The van der Waals surface area contributed by atoms with E-state index in [-0.39, 0.29) is 5.56 Å². The van der Waals surface area contributed by atoms with Crippen LogP contribution in [0.4, 0.5) is 0 Å². The molecule has 0 saturated heterocycles. The van der Waals surface area contributed by atoms with Gasteiger partial charge in [0.15, 0.2) is 0 Å². The quantitative estimate of drug-likeness (QED) is 0.792. The Morgan fingerprint density at radius 2 is 2.11 bits per heavy atom. The van der Waals surface area contributed by atoms with E-state index in [0.29, 0.717) is 22.7 Å². The number of nitrogens with zero attached hydrogens (tertiary/aromatic N) is 1. The van der Waals surface area contributed by atoms with Gasteiger partial charge in [-0.2, -0.15) is 0 Å². The SMILES string of the molecule is Cc1c(C(=O)[O-])c(=S)sn1CCOc1ccccc1. The summed E-state index contributed by atoms with van der Waals surface area (Å²) in [5.41, 5.74) is 0.728. The first-order valence-electron chi connectivity index (χ1n) is 5.69. The summed E-state index contributed by atoms with van der Waals surface area (Å²) in [5, 5.41) is 10.9. The molecule has 100 valence electrons. The van der Waals surface area contributed by atoms with Gasteiger partial charge in [0.25, 0.3) is 0 Å². The van der Waals surface area contributed by atoms with E-state index in [0.717, 1.165) is 5.75 Å². The average molecular weight is 294 g/mol. The highest BCUT2D eigenvalue weighted by Crippen LogP contribution is 2.18. The van der Waals surface area contributed by atoms with Gasteiger partial charge < -0.3 is 14.6 Å². The molecule has 0 amide bonds. The summed E-state index contributed by atoms with van der Waals surface area (Å²) >= 11 is 6.25. The minimum Gasteiger partial charge on any atom is -0.545 e. The van der Waals surface area contributed by atoms with Crippen LogP contribution in [0.15, 0.2) is 30.3 Å². The van der Waals surface area contributed by atoms with Crippen LogP contribution in [0, 0.1) is 10.7 Å². The fourth-order valence-corrected chi connectivity index (χ4v) is 3.11. The highest BCUT2D eigenvalue weighted by Gasteiger charge is 2.09. The van der Waals surface area contributed by atoms with Gasteiger partial charge in [-0.1, -0.05) is 30.4 Å². The van der Waals surface area contributed by atoms with Crippen LogP contribution in [-0.4, -0.2) is 16.5 Å². The molecule has 1 aromatic heterocycles. The molecule has 2 aromatic rings. The van der Waals surface area contributed by atoms with Crippen molar-refractivity contribution in [2.75, 3.05) is 6.61 Å². The van der Waals surface area contributed by atoms with E-state index >= 15 is 0 Å². The lowest BCUT2D eigenvalue weighted by Crippen LogP contribution is -2.23. The van der Waals surface area contributed by atoms with Gasteiger partial charge in [0.2, 0.25) is 0 Å². The van der Waals surface area contributed by atoms with Crippen molar-refractivity contribution in [2.24, 2.45) is 0 Å². The van der Waals surface area contributed by atoms with Gasteiger partial charge in [0.1, 0.15) is 16.2 Å². The number of carbonyl (C=O) groups is 1. The van der Waals surface area contributed by atoms with Gasteiger partial charge in [-0.15, -0.1) is 0 Å². The summed E-state index contributed by atoms with van der Waals surface area (Å²) in [6, 6.07) is 9.46. The van der Waals surface area contributed by atoms with Crippen LogP contribution < -0.4 is 9.84 Å². The van der Waals surface area contributed by atoms with Gasteiger partial charge in [-0.3, -0.25) is 3.96 Å². The maximum Gasteiger partial charge on any atom is 0.119 e. The summed E-state index contributed by atoms with van der Waals surface area (Å²) in [4.78, 5) is 10.9. The molecular formula is C13H12NO3S2-. The van der Waals surface area contributed by atoms with Crippen molar-refractivity contribution < 1.29 is 14.6 Å². The molecule has 0 atom stereocenters. The second-order valence-corrected chi connectivity index (χ2v) is 5.59. The fourth-order valence-electron chi connectivity index (χ4n) is 1.69. The molecule has 0 radical (unpaired) electrons. The molecule has 0 saturated carbocycles. The smallest absolute Gasteiger partial charge is 0.119 e. The maximum absolute atomic E-state index is 10.9. The number of hydrogen-bond donors (Lipinski definition) is 0. The van der Waals surface area contributed by atoms with Gasteiger partial charge in [-0.05, 0) is 30.6 Å². The summed E-state index contributed by atoms with van der Waals surface area (Å²) in [6.45, 7) is 2.74. The van der Waals surface area contributed by atoms with Gasteiger partial charge >= 0.3 is 0 Å². The molecule has 1 aromatic carbocycles. The van der Waals surface area contributed by atoms with Crippen molar-refractivity contribution >= 4 is 29.7 Å². The maximum atomic E-state index is 10.9. The zero-order valence-electron chi connectivity index (χ0n) is 10.3. The summed E-state index contributed by atoms with van der Waals surface area (Å²) in [7, 11) is 0. The topological polar surface area (TPSA) is 54.3 Å². The highest BCUT2D eigenvalue weighted by atomic mass is 32.2. The molecule has 2 rings (SSSR count). The Bertz CT molecular complexity index is 631. The third kappa shape index (κ3) is 3.21. The molecule has 0 bridgehead atoms. The first-order valence-corrected chi connectivity index (χ1v) is 6.87. The molecule has 0 N–H and O–H groups in total. The first kappa shape index (κ1) is 13.8. The lowest BCUT2D eigenvalue weighted by atomic mass is 10.3. The lowest BCUT2D eigenvalue weighted by molar-refractivity contribution is -0.255. The molecule has 0 aliphatic carbocycles. The number of hydrogen-bond acceptors (Lipinski definition) is 5. The van der Waals surface area contributed by atoms with Crippen LogP contribution in [0.1, 0.15) is 16.1 Å². The Morgan fingerprint density at radius 1 is 1.42 bits per heavy atom. The van der Waals surface area contributed by atoms with Crippen LogP contribution in [0.3, 0.4) is 0 Å².